The van der Waals surface area contributed by atoms with E-state index in [-0.39, 0.29) is 18.5 Å². The molecule has 1 heterocycles. The van der Waals surface area contributed by atoms with Gasteiger partial charge >= 0.3 is 6.03 Å². The summed E-state index contributed by atoms with van der Waals surface area (Å²) in [5.41, 5.74) is 4.02. The van der Waals surface area contributed by atoms with Crippen LogP contribution in [0.5, 0.6) is 0 Å². The summed E-state index contributed by atoms with van der Waals surface area (Å²) in [7, 11) is 0. The molecular formula is C26H26ClN3O3. The normalized spacial score (nSPS) is 13.8. The van der Waals surface area contributed by atoms with Crippen LogP contribution in [-0.4, -0.2) is 41.6 Å². The largest absolute Gasteiger partial charge is 0.396 e. The van der Waals surface area contributed by atoms with E-state index in [1.165, 1.54) is 0 Å². The predicted molar refractivity (Wildman–Crippen MR) is 131 cm³/mol. The van der Waals surface area contributed by atoms with Crippen molar-refractivity contribution in [3.8, 4) is 0 Å². The van der Waals surface area contributed by atoms with E-state index in [9.17, 15) is 9.59 Å². The van der Waals surface area contributed by atoms with Crippen molar-refractivity contribution in [2.75, 3.05) is 29.9 Å². The first kappa shape index (κ1) is 22.8. The number of aliphatic hydroxyl groups excluding tert-OH is 1. The van der Waals surface area contributed by atoms with Crippen molar-refractivity contribution >= 4 is 34.9 Å². The van der Waals surface area contributed by atoms with Crippen LogP contribution >= 0.6 is 11.6 Å². The molecular weight excluding hydrogens is 438 g/mol. The summed E-state index contributed by atoms with van der Waals surface area (Å²) < 4.78 is 0. The van der Waals surface area contributed by atoms with Crippen molar-refractivity contribution in [2.45, 2.75) is 19.4 Å². The SMILES string of the molecule is O=C(Nc1ccc(CCO)cc1)c1ccc(N2CCCN(Cc3ccc(Cl)cc3)C2=O)cc1. The molecule has 1 fully saturated rings. The highest BCUT2D eigenvalue weighted by molar-refractivity contribution is 6.30. The van der Waals surface area contributed by atoms with Gasteiger partial charge in [-0.3, -0.25) is 9.69 Å². The highest BCUT2D eigenvalue weighted by atomic mass is 35.5. The molecule has 0 bridgehead atoms. The average molecular weight is 464 g/mol. The van der Waals surface area contributed by atoms with Gasteiger partial charge in [0.2, 0.25) is 0 Å². The summed E-state index contributed by atoms with van der Waals surface area (Å²) in [4.78, 5) is 29.2. The van der Waals surface area contributed by atoms with Gasteiger partial charge in [0.1, 0.15) is 0 Å². The Morgan fingerprint density at radius 3 is 2.24 bits per heavy atom. The number of hydrogen-bond donors (Lipinski definition) is 2. The molecule has 0 unspecified atom stereocenters. The van der Waals surface area contributed by atoms with Gasteiger partial charge in [-0.2, -0.15) is 0 Å². The Hall–Kier alpha value is -3.35. The van der Waals surface area contributed by atoms with Crippen LogP contribution in [0.15, 0.2) is 72.8 Å². The number of aliphatic hydroxyl groups is 1. The summed E-state index contributed by atoms with van der Waals surface area (Å²) in [6, 6.07) is 22.0. The molecule has 0 aliphatic carbocycles. The fourth-order valence-electron chi connectivity index (χ4n) is 3.86. The summed E-state index contributed by atoms with van der Waals surface area (Å²) in [5, 5.41) is 12.6. The lowest BCUT2D eigenvalue weighted by molar-refractivity contribution is 0.102. The zero-order valence-electron chi connectivity index (χ0n) is 18.2. The van der Waals surface area contributed by atoms with E-state index in [0.717, 1.165) is 23.2 Å². The monoisotopic (exact) mass is 463 g/mol. The smallest absolute Gasteiger partial charge is 0.324 e. The van der Waals surface area contributed by atoms with E-state index in [4.69, 9.17) is 16.7 Å². The lowest BCUT2D eigenvalue weighted by Crippen LogP contribution is -2.49. The maximum Gasteiger partial charge on any atom is 0.324 e. The number of nitrogens with one attached hydrogen (secondary N) is 1. The van der Waals surface area contributed by atoms with Crippen LogP contribution < -0.4 is 10.2 Å². The van der Waals surface area contributed by atoms with Gasteiger partial charge in [-0.25, -0.2) is 4.79 Å². The topological polar surface area (TPSA) is 72.9 Å². The number of hydrogen-bond acceptors (Lipinski definition) is 3. The van der Waals surface area contributed by atoms with Gasteiger partial charge in [-0.05, 0) is 72.5 Å². The number of urea groups is 1. The number of carbonyl (C=O) groups is 2. The number of anilines is 2. The maximum atomic E-state index is 13.1. The van der Waals surface area contributed by atoms with E-state index < -0.39 is 0 Å². The van der Waals surface area contributed by atoms with Crippen molar-refractivity contribution < 1.29 is 14.7 Å². The van der Waals surface area contributed by atoms with Gasteiger partial charge in [0.05, 0.1) is 0 Å². The zero-order chi connectivity index (χ0) is 23.2. The van der Waals surface area contributed by atoms with Crippen molar-refractivity contribution in [3.05, 3.63) is 94.5 Å². The minimum Gasteiger partial charge on any atom is -0.396 e. The second-order valence-corrected chi connectivity index (χ2v) is 8.44. The molecule has 4 rings (SSSR count). The molecule has 1 aliphatic rings. The lowest BCUT2D eigenvalue weighted by atomic mass is 10.1. The highest BCUT2D eigenvalue weighted by Gasteiger charge is 2.27. The van der Waals surface area contributed by atoms with Gasteiger partial charge in [0.15, 0.2) is 0 Å². The van der Waals surface area contributed by atoms with Crippen LogP contribution in [0, 0.1) is 0 Å². The van der Waals surface area contributed by atoms with Crippen LogP contribution in [0.25, 0.3) is 0 Å². The number of rotatable bonds is 7. The minimum atomic E-state index is -0.217. The number of carbonyl (C=O) groups excluding carboxylic acids is 2. The summed E-state index contributed by atoms with van der Waals surface area (Å²) >= 11 is 5.96. The minimum absolute atomic E-state index is 0.0450. The molecule has 6 nitrogen and oxygen atoms in total. The Kier molecular flexibility index (Phi) is 7.27. The van der Waals surface area contributed by atoms with E-state index in [1.807, 2.05) is 65.6 Å². The number of amides is 3. The van der Waals surface area contributed by atoms with Crippen LogP contribution in [-0.2, 0) is 13.0 Å². The molecule has 7 heteroatoms. The van der Waals surface area contributed by atoms with Crippen molar-refractivity contribution in [3.63, 3.8) is 0 Å². The molecule has 33 heavy (non-hydrogen) atoms. The Balaban J connectivity index is 1.39. The van der Waals surface area contributed by atoms with E-state index in [0.29, 0.717) is 42.3 Å². The van der Waals surface area contributed by atoms with E-state index in [2.05, 4.69) is 5.32 Å². The molecule has 170 valence electrons. The first-order chi connectivity index (χ1) is 16.0. The fourth-order valence-corrected chi connectivity index (χ4v) is 3.98. The van der Waals surface area contributed by atoms with Gasteiger partial charge in [0.25, 0.3) is 5.91 Å². The first-order valence-electron chi connectivity index (χ1n) is 11.0. The quantitative estimate of drug-likeness (QED) is 0.520. The maximum absolute atomic E-state index is 13.1. The molecule has 3 amide bonds. The molecule has 1 aliphatic heterocycles. The molecule has 2 N–H and O–H groups in total. The Morgan fingerprint density at radius 1 is 0.909 bits per heavy atom. The number of benzene rings is 3. The summed E-state index contributed by atoms with van der Waals surface area (Å²) in [6.45, 7) is 1.97. The van der Waals surface area contributed by atoms with Gasteiger partial charge in [-0.15, -0.1) is 0 Å². The third-order valence-electron chi connectivity index (χ3n) is 5.65. The van der Waals surface area contributed by atoms with Crippen LogP contribution in [0.3, 0.4) is 0 Å². The standard InChI is InChI=1S/C26H26ClN3O3/c27-22-8-2-20(3-9-22)18-29-15-1-16-30(26(29)33)24-12-6-21(7-13-24)25(32)28-23-10-4-19(5-11-23)14-17-31/h2-13,31H,1,14-18H2,(H,28,32). The highest BCUT2D eigenvalue weighted by Crippen LogP contribution is 2.23. The van der Waals surface area contributed by atoms with Crippen molar-refractivity contribution in [2.24, 2.45) is 0 Å². The van der Waals surface area contributed by atoms with Crippen LogP contribution in [0.2, 0.25) is 5.02 Å². The third kappa shape index (κ3) is 5.72. The van der Waals surface area contributed by atoms with Crippen molar-refractivity contribution in [1.82, 2.24) is 4.90 Å². The first-order valence-corrected chi connectivity index (χ1v) is 11.3. The van der Waals surface area contributed by atoms with E-state index in [1.54, 1.807) is 17.0 Å². The summed E-state index contributed by atoms with van der Waals surface area (Å²) in [5.74, 6) is -0.217. The Labute approximate surface area is 198 Å². The molecule has 0 saturated carbocycles. The van der Waals surface area contributed by atoms with E-state index >= 15 is 0 Å². The zero-order valence-corrected chi connectivity index (χ0v) is 19.0. The molecule has 0 radical (unpaired) electrons. The molecule has 3 aromatic carbocycles. The Bertz CT molecular complexity index is 1100. The molecule has 0 aromatic heterocycles. The second-order valence-electron chi connectivity index (χ2n) is 8.01. The van der Waals surface area contributed by atoms with Crippen molar-refractivity contribution in [1.29, 1.82) is 0 Å². The van der Waals surface area contributed by atoms with Gasteiger partial charge in [0, 0.05) is 48.2 Å². The second kappa shape index (κ2) is 10.5. The lowest BCUT2D eigenvalue weighted by Gasteiger charge is -2.35. The molecule has 3 aromatic rings. The number of nitrogens with zero attached hydrogens (tertiary/aromatic N) is 2. The Morgan fingerprint density at radius 2 is 1.58 bits per heavy atom. The fraction of sp³-hybridized carbons (Fsp3) is 0.231. The predicted octanol–water partition coefficient (Wildman–Crippen LogP) is 4.96. The van der Waals surface area contributed by atoms with Gasteiger partial charge in [-0.1, -0.05) is 35.9 Å². The molecule has 0 atom stereocenters. The van der Waals surface area contributed by atoms with Crippen LogP contribution in [0.4, 0.5) is 16.2 Å². The number of halogens is 1. The molecule has 1 saturated heterocycles. The molecule has 0 spiro atoms. The van der Waals surface area contributed by atoms with Crippen LogP contribution in [0.1, 0.15) is 27.9 Å². The summed E-state index contributed by atoms with van der Waals surface area (Å²) in [6.07, 6.45) is 1.45. The van der Waals surface area contributed by atoms with Gasteiger partial charge < -0.3 is 15.3 Å². The third-order valence-corrected chi connectivity index (χ3v) is 5.90. The average Bonchev–Trinajstić information content (AvgIpc) is 2.83.